The number of carboxylic acid groups (broad SMARTS) is 1. The van der Waals surface area contributed by atoms with Gasteiger partial charge in [-0.1, -0.05) is 42.5 Å². The van der Waals surface area contributed by atoms with Crippen LogP contribution in [0, 0.1) is 12.8 Å². The summed E-state index contributed by atoms with van der Waals surface area (Å²) in [4.78, 5) is 24.5. The maximum atomic E-state index is 12.8. The Morgan fingerprint density at radius 2 is 1.74 bits per heavy atom. The minimum atomic E-state index is -0.949. The van der Waals surface area contributed by atoms with Crippen molar-refractivity contribution in [2.75, 3.05) is 13.7 Å². The Morgan fingerprint density at radius 1 is 1.11 bits per heavy atom. The first-order valence-electron chi connectivity index (χ1n) is 8.96. The molecule has 0 radical (unpaired) electrons. The average molecular weight is 369 g/mol. The van der Waals surface area contributed by atoms with Crippen LogP contribution in [0.1, 0.15) is 30.5 Å². The minimum absolute atomic E-state index is 0.0571. The van der Waals surface area contributed by atoms with Crippen LogP contribution in [-0.2, 0) is 21.4 Å². The second-order valence-corrected chi connectivity index (χ2v) is 7.20. The van der Waals surface area contributed by atoms with Crippen molar-refractivity contribution in [2.45, 2.75) is 32.6 Å². The average Bonchev–Trinajstić information content (AvgIpc) is 2.65. The number of rotatable bonds is 8. The van der Waals surface area contributed by atoms with Gasteiger partial charge in [0.05, 0.1) is 18.4 Å². The summed E-state index contributed by atoms with van der Waals surface area (Å²) >= 11 is 0. The molecule has 0 aliphatic rings. The maximum Gasteiger partial charge on any atom is 0.308 e. The number of carbonyl (C=O) groups is 2. The lowest BCUT2D eigenvalue weighted by Crippen LogP contribution is -2.43. The van der Waals surface area contributed by atoms with Gasteiger partial charge in [0.15, 0.2) is 0 Å². The lowest BCUT2D eigenvalue weighted by Gasteiger charge is -2.27. The summed E-state index contributed by atoms with van der Waals surface area (Å²) in [5.74, 6) is -1.23. The number of ether oxygens (including phenoxy) is 1. The van der Waals surface area contributed by atoms with Gasteiger partial charge in [0.2, 0.25) is 5.91 Å². The monoisotopic (exact) mass is 369 g/mol. The second kappa shape index (κ2) is 8.71. The Bertz CT molecular complexity index is 813. The number of aryl methyl sites for hydroxylation is 1. The highest BCUT2D eigenvalue weighted by Gasteiger charge is 2.32. The van der Waals surface area contributed by atoms with E-state index in [1.807, 2.05) is 63.2 Å². The van der Waals surface area contributed by atoms with E-state index >= 15 is 0 Å². The molecule has 27 heavy (non-hydrogen) atoms. The van der Waals surface area contributed by atoms with Gasteiger partial charge < -0.3 is 15.2 Å². The molecule has 0 spiro atoms. The summed E-state index contributed by atoms with van der Waals surface area (Å²) in [6.45, 7) is 5.72. The van der Waals surface area contributed by atoms with E-state index in [2.05, 4.69) is 5.32 Å². The van der Waals surface area contributed by atoms with Crippen molar-refractivity contribution in [2.24, 2.45) is 5.92 Å². The molecule has 0 fully saturated rings. The van der Waals surface area contributed by atoms with Crippen molar-refractivity contribution in [3.05, 3.63) is 65.2 Å². The smallest absolute Gasteiger partial charge is 0.308 e. The molecule has 0 bridgehead atoms. The zero-order valence-corrected chi connectivity index (χ0v) is 16.3. The molecule has 0 aliphatic heterocycles. The largest absolute Gasteiger partial charge is 0.496 e. The molecule has 5 heteroatoms. The number of methoxy groups -OCH3 is 1. The molecule has 1 unspecified atom stereocenters. The van der Waals surface area contributed by atoms with E-state index in [0.717, 1.165) is 16.7 Å². The molecule has 144 valence electrons. The summed E-state index contributed by atoms with van der Waals surface area (Å²) in [6.07, 6.45) is 0.282. The van der Waals surface area contributed by atoms with Crippen LogP contribution in [0.15, 0.2) is 48.5 Å². The summed E-state index contributed by atoms with van der Waals surface area (Å²) in [7, 11) is 1.56. The number of para-hydroxylation sites is 1. The molecule has 5 nitrogen and oxygen atoms in total. The zero-order valence-electron chi connectivity index (χ0n) is 16.3. The molecule has 2 aromatic rings. The standard InChI is InChI=1S/C22H27NO4/c1-15-9-5-7-11-18(15)22(2,3)21(26)23-14-17(20(24)25)13-16-10-6-8-12-19(16)27-4/h5-12,17H,13-14H2,1-4H3,(H,23,26)(H,24,25). The van der Waals surface area contributed by atoms with Crippen LogP contribution in [0.3, 0.4) is 0 Å². The first-order chi connectivity index (χ1) is 12.8. The zero-order chi connectivity index (χ0) is 20.0. The van der Waals surface area contributed by atoms with E-state index in [4.69, 9.17) is 4.74 Å². The minimum Gasteiger partial charge on any atom is -0.496 e. The molecule has 0 saturated heterocycles. The molecular formula is C22H27NO4. The van der Waals surface area contributed by atoms with Crippen molar-refractivity contribution in [3.8, 4) is 5.75 Å². The molecule has 2 N–H and O–H groups in total. The third-order valence-electron chi connectivity index (χ3n) is 4.90. The third kappa shape index (κ3) is 4.88. The van der Waals surface area contributed by atoms with Crippen LogP contribution in [0.25, 0.3) is 0 Å². The number of hydrogen-bond acceptors (Lipinski definition) is 3. The highest BCUT2D eigenvalue weighted by Crippen LogP contribution is 2.27. The molecule has 0 heterocycles. The third-order valence-corrected chi connectivity index (χ3v) is 4.90. The number of carbonyl (C=O) groups excluding carboxylic acids is 1. The fourth-order valence-electron chi connectivity index (χ4n) is 3.22. The Kier molecular flexibility index (Phi) is 6.61. The van der Waals surface area contributed by atoms with Gasteiger partial charge in [-0.3, -0.25) is 9.59 Å². The van der Waals surface area contributed by atoms with Gasteiger partial charge >= 0.3 is 5.97 Å². The summed E-state index contributed by atoms with van der Waals surface area (Å²) in [5.41, 5.74) is 2.01. The van der Waals surface area contributed by atoms with Gasteiger partial charge in [0, 0.05) is 6.54 Å². The van der Waals surface area contributed by atoms with Crippen LogP contribution in [0.5, 0.6) is 5.75 Å². The van der Waals surface area contributed by atoms with Gasteiger partial charge in [-0.25, -0.2) is 0 Å². The van der Waals surface area contributed by atoms with Crippen molar-refractivity contribution in [1.29, 1.82) is 0 Å². The van der Waals surface area contributed by atoms with Gasteiger partial charge in [0.1, 0.15) is 5.75 Å². The first-order valence-corrected chi connectivity index (χ1v) is 8.96. The first kappa shape index (κ1) is 20.5. The van der Waals surface area contributed by atoms with Gasteiger partial charge in [-0.05, 0) is 49.9 Å². The predicted molar refractivity (Wildman–Crippen MR) is 105 cm³/mol. The van der Waals surface area contributed by atoms with E-state index in [9.17, 15) is 14.7 Å². The molecule has 0 saturated carbocycles. The van der Waals surface area contributed by atoms with E-state index in [1.54, 1.807) is 13.2 Å². The van der Waals surface area contributed by atoms with Gasteiger partial charge in [-0.15, -0.1) is 0 Å². The van der Waals surface area contributed by atoms with Crippen LogP contribution < -0.4 is 10.1 Å². The Morgan fingerprint density at radius 3 is 2.37 bits per heavy atom. The molecule has 0 aromatic heterocycles. The summed E-state index contributed by atoms with van der Waals surface area (Å²) in [6, 6.07) is 15.0. The second-order valence-electron chi connectivity index (χ2n) is 7.20. The number of amides is 1. The topological polar surface area (TPSA) is 75.6 Å². The Labute approximate surface area is 160 Å². The predicted octanol–water partition coefficient (Wildman–Crippen LogP) is 3.34. The van der Waals surface area contributed by atoms with E-state index in [-0.39, 0.29) is 18.9 Å². The SMILES string of the molecule is COc1ccccc1CC(CNC(=O)C(C)(C)c1ccccc1C)C(=O)O. The fraction of sp³-hybridized carbons (Fsp3) is 0.364. The van der Waals surface area contributed by atoms with Crippen molar-refractivity contribution in [3.63, 3.8) is 0 Å². The highest BCUT2D eigenvalue weighted by molar-refractivity contribution is 5.88. The lowest BCUT2D eigenvalue weighted by atomic mass is 9.81. The van der Waals surface area contributed by atoms with Crippen LogP contribution in [0.2, 0.25) is 0 Å². The Balaban J connectivity index is 2.10. The number of hydrogen-bond donors (Lipinski definition) is 2. The highest BCUT2D eigenvalue weighted by atomic mass is 16.5. The lowest BCUT2D eigenvalue weighted by molar-refractivity contribution is -0.141. The summed E-state index contributed by atoms with van der Waals surface area (Å²) < 4.78 is 5.30. The fourth-order valence-corrected chi connectivity index (χ4v) is 3.22. The van der Waals surface area contributed by atoms with Crippen LogP contribution in [-0.4, -0.2) is 30.6 Å². The number of aliphatic carboxylic acids is 1. The molecule has 2 rings (SSSR count). The Hall–Kier alpha value is -2.82. The normalized spacial score (nSPS) is 12.3. The number of nitrogens with one attached hydrogen (secondary N) is 1. The maximum absolute atomic E-state index is 12.8. The molecule has 1 atom stereocenters. The van der Waals surface area contributed by atoms with E-state index in [1.165, 1.54) is 0 Å². The number of benzene rings is 2. The molecule has 0 aliphatic carbocycles. The quantitative estimate of drug-likeness (QED) is 0.748. The van der Waals surface area contributed by atoms with Crippen LogP contribution in [0.4, 0.5) is 0 Å². The van der Waals surface area contributed by atoms with E-state index in [0.29, 0.717) is 5.75 Å². The molecule has 2 aromatic carbocycles. The van der Waals surface area contributed by atoms with Crippen LogP contribution >= 0.6 is 0 Å². The van der Waals surface area contributed by atoms with Crippen molar-refractivity contribution >= 4 is 11.9 Å². The van der Waals surface area contributed by atoms with Gasteiger partial charge in [0.25, 0.3) is 0 Å². The van der Waals surface area contributed by atoms with E-state index < -0.39 is 17.3 Å². The van der Waals surface area contributed by atoms with Crippen molar-refractivity contribution in [1.82, 2.24) is 5.32 Å². The molecular weight excluding hydrogens is 342 g/mol. The number of carboxylic acids is 1. The van der Waals surface area contributed by atoms with Crippen molar-refractivity contribution < 1.29 is 19.4 Å². The summed E-state index contributed by atoms with van der Waals surface area (Å²) in [5, 5.41) is 12.4. The molecule has 1 amide bonds. The van der Waals surface area contributed by atoms with Gasteiger partial charge in [-0.2, -0.15) is 0 Å².